The van der Waals surface area contributed by atoms with Gasteiger partial charge in [-0.05, 0) is 82.5 Å². The summed E-state index contributed by atoms with van der Waals surface area (Å²) in [4.78, 5) is 41.6. The number of phenolic OH excluding ortho intramolecular Hbond substituents is 1. The number of carbonyl (C=O) groups excluding carboxylic acids is 3. The number of hydrogen-bond donors (Lipinski definition) is 3. The van der Waals surface area contributed by atoms with Gasteiger partial charge in [0.25, 0.3) is 5.91 Å². The Kier molecular flexibility index (Phi) is 9.94. The molecular weight excluding hydrogens is 474 g/mol. The number of nitrogens with zero attached hydrogens (tertiary/aromatic N) is 1. The Bertz CT molecular complexity index is 1080. The number of carbonyl (C=O) groups is 3. The molecule has 3 amide bonds. The largest absolute Gasteiger partial charge is 0.508 e. The monoisotopic (exact) mass is 513 g/mol. The van der Waals surface area contributed by atoms with E-state index < -0.39 is 41.6 Å². The van der Waals surface area contributed by atoms with E-state index in [1.165, 1.54) is 17.0 Å². The van der Waals surface area contributed by atoms with Crippen molar-refractivity contribution in [3.8, 4) is 11.5 Å². The summed E-state index contributed by atoms with van der Waals surface area (Å²) in [6, 6.07) is 10.6. The summed E-state index contributed by atoms with van der Waals surface area (Å²) in [6.07, 6.45) is -0.722. The fraction of sp³-hybridized carbons (Fsp3) is 0.464. The van der Waals surface area contributed by atoms with Crippen molar-refractivity contribution in [2.75, 3.05) is 12.4 Å². The van der Waals surface area contributed by atoms with E-state index in [1.54, 1.807) is 92.0 Å². The average molecular weight is 514 g/mol. The molecule has 0 aliphatic heterocycles. The van der Waals surface area contributed by atoms with E-state index in [2.05, 4.69) is 10.6 Å². The summed E-state index contributed by atoms with van der Waals surface area (Å²) in [6.45, 7) is 12.4. The first-order valence-corrected chi connectivity index (χ1v) is 12.3. The summed E-state index contributed by atoms with van der Waals surface area (Å²) in [5, 5.41) is 15.7. The molecule has 0 aromatic heterocycles. The molecule has 0 bridgehead atoms. The van der Waals surface area contributed by atoms with Crippen molar-refractivity contribution in [1.82, 2.24) is 10.2 Å². The lowest BCUT2D eigenvalue weighted by Gasteiger charge is -2.38. The van der Waals surface area contributed by atoms with Gasteiger partial charge in [0, 0.05) is 11.7 Å². The maximum Gasteiger partial charge on any atom is 0.408 e. The third-order valence-corrected chi connectivity index (χ3v) is 5.49. The molecule has 0 fully saturated rings. The molecule has 2 aromatic rings. The van der Waals surface area contributed by atoms with Gasteiger partial charge in [-0.2, -0.15) is 0 Å². The molecule has 37 heavy (non-hydrogen) atoms. The quantitative estimate of drug-likeness (QED) is 0.441. The number of benzene rings is 2. The lowest BCUT2D eigenvalue weighted by molar-refractivity contribution is -0.143. The summed E-state index contributed by atoms with van der Waals surface area (Å²) >= 11 is 0. The molecule has 0 radical (unpaired) electrons. The molecule has 3 N–H and O–H groups in total. The minimum absolute atomic E-state index is 0.0387. The van der Waals surface area contributed by atoms with Crippen molar-refractivity contribution in [1.29, 1.82) is 0 Å². The van der Waals surface area contributed by atoms with E-state index in [1.807, 2.05) is 0 Å². The Hall–Kier alpha value is -3.75. The van der Waals surface area contributed by atoms with Crippen LogP contribution in [0.15, 0.2) is 48.5 Å². The van der Waals surface area contributed by atoms with Gasteiger partial charge in [0.2, 0.25) is 5.91 Å². The molecule has 2 atom stereocenters. The second-order valence-electron chi connectivity index (χ2n) is 10.4. The van der Waals surface area contributed by atoms with Gasteiger partial charge >= 0.3 is 6.09 Å². The van der Waals surface area contributed by atoms with Crippen LogP contribution in [0.2, 0.25) is 0 Å². The number of rotatable bonds is 9. The van der Waals surface area contributed by atoms with Crippen LogP contribution in [-0.2, 0) is 14.3 Å². The van der Waals surface area contributed by atoms with E-state index in [0.29, 0.717) is 17.0 Å². The molecule has 2 rings (SSSR count). The van der Waals surface area contributed by atoms with Gasteiger partial charge in [-0.15, -0.1) is 0 Å². The summed E-state index contributed by atoms with van der Waals surface area (Å²) in [7, 11) is 1.55. The highest BCUT2D eigenvalue weighted by Crippen LogP contribution is 2.29. The third-order valence-electron chi connectivity index (χ3n) is 5.49. The zero-order chi connectivity index (χ0) is 27.9. The van der Waals surface area contributed by atoms with Gasteiger partial charge in [-0.1, -0.05) is 26.0 Å². The first-order valence-electron chi connectivity index (χ1n) is 12.3. The smallest absolute Gasteiger partial charge is 0.408 e. The first kappa shape index (κ1) is 29.5. The van der Waals surface area contributed by atoms with Crippen molar-refractivity contribution in [2.45, 2.75) is 72.2 Å². The van der Waals surface area contributed by atoms with Crippen LogP contribution >= 0.6 is 0 Å². The molecule has 202 valence electrons. The standard InChI is InChI=1S/C28H39N3O6/c1-17(2)23(30-27(35)37-28(5,6)7)26(34)31(18(3)4)24(19-10-9-11-21(32)16-19)25(33)29-20-12-14-22(36-8)15-13-20/h9-18,23-24,32H,1-8H3,(H,29,33)(H,30,35). The molecule has 9 heteroatoms. The summed E-state index contributed by atoms with van der Waals surface area (Å²) in [5.74, 6) is -0.625. The number of hydrogen-bond acceptors (Lipinski definition) is 6. The molecule has 0 saturated carbocycles. The molecule has 9 nitrogen and oxygen atoms in total. The van der Waals surface area contributed by atoms with Crippen molar-refractivity contribution >= 4 is 23.6 Å². The van der Waals surface area contributed by atoms with Crippen LogP contribution < -0.4 is 15.4 Å². The fourth-order valence-corrected chi connectivity index (χ4v) is 3.81. The molecule has 0 spiro atoms. The molecule has 0 aliphatic rings. The molecule has 0 aliphatic carbocycles. The van der Waals surface area contributed by atoms with E-state index in [4.69, 9.17) is 9.47 Å². The molecule has 2 unspecified atom stereocenters. The van der Waals surface area contributed by atoms with E-state index in [-0.39, 0.29) is 11.7 Å². The molecule has 0 saturated heterocycles. The molecule has 0 heterocycles. The number of anilines is 1. The molecule has 2 aromatic carbocycles. The Balaban J connectivity index is 2.49. The van der Waals surface area contributed by atoms with Gasteiger partial charge in [0.05, 0.1) is 7.11 Å². The van der Waals surface area contributed by atoms with Gasteiger partial charge in [0.1, 0.15) is 29.2 Å². The second kappa shape index (κ2) is 12.5. The second-order valence-corrected chi connectivity index (χ2v) is 10.4. The maximum atomic E-state index is 14.0. The van der Waals surface area contributed by atoms with Crippen molar-refractivity contribution in [3.63, 3.8) is 0 Å². The highest BCUT2D eigenvalue weighted by Gasteiger charge is 2.39. The van der Waals surface area contributed by atoms with Crippen LogP contribution in [0.5, 0.6) is 11.5 Å². The summed E-state index contributed by atoms with van der Waals surface area (Å²) < 4.78 is 10.5. The van der Waals surface area contributed by atoms with Crippen LogP contribution in [0.25, 0.3) is 0 Å². The lowest BCUT2D eigenvalue weighted by Crippen LogP contribution is -2.56. The summed E-state index contributed by atoms with van der Waals surface area (Å²) in [5.41, 5.74) is 0.196. The van der Waals surface area contributed by atoms with Gasteiger partial charge in [-0.25, -0.2) is 4.79 Å². The number of alkyl carbamates (subject to hydrolysis) is 1. The predicted molar refractivity (Wildman–Crippen MR) is 142 cm³/mol. The minimum Gasteiger partial charge on any atom is -0.508 e. The number of aromatic hydroxyl groups is 1. The third kappa shape index (κ3) is 8.41. The topological polar surface area (TPSA) is 117 Å². The van der Waals surface area contributed by atoms with Crippen LogP contribution in [0.4, 0.5) is 10.5 Å². The number of ether oxygens (including phenoxy) is 2. The van der Waals surface area contributed by atoms with Crippen molar-refractivity contribution in [2.24, 2.45) is 5.92 Å². The Morgan fingerprint density at radius 3 is 2.08 bits per heavy atom. The van der Waals surface area contributed by atoms with Gasteiger partial charge < -0.3 is 30.1 Å². The average Bonchev–Trinajstić information content (AvgIpc) is 2.79. The Morgan fingerprint density at radius 1 is 0.973 bits per heavy atom. The maximum absolute atomic E-state index is 14.0. The fourth-order valence-electron chi connectivity index (χ4n) is 3.81. The van der Waals surface area contributed by atoms with Crippen LogP contribution in [0.3, 0.4) is 0 Å². The number of amides is 3. The SMILES string of the molecule is COc1ccc(NC(=O)C(c2cccc(O)c2)N(C(=O)C(NC(=O)OC(C)(C)C)C(C)C)C(C)C)cc1. The van der Waals surface area contributed by atoms with E-state index >= 15 is 0 Å². The highest BCUT2D eigenvalue weighted by atomic mass is 16.6. The van der Waals surface area contributed by atoms with Crippen LogP contribution in [-0.4, -0.2) is 52.7 Å². The normalized spacial score (nSPS) is 13.0. The van der Waals surface area contributed by atoms with Crippen molar-refractivity contribution in [3.05, 3.63) is 54.1 Å². The van der Waals surface area contributed by atoms with Gasteiger partial charge in [-0.3, -0.25) is 9.59 Å². The Morgan fingerprint density at radius 2 is 1.59 bits per heavy atom. The minimum atomic E-state index is -1.09. The number of methoxy groups -OCH3 is 1. The predicted octanol–water partition coefficient (Wildman–Crippen LogP) is 4.87. The zero-order valence-corrected chi connectivity index (χ0v) is 22.9. The first-order chi connectivity index (χ1) is 17.2. The van der Waals surface area contributed by atoms with Crippen LogP contribution in [0.1, 0.15) is 60.1 Å². The van der Waals surface area contributed by atoms with Crippen molar-refractivity contribution < 1.29 is 29.0 Å². The lowest BCUT2D eigenvalue weighted by atomic mass is 9.97. The number of phenols is 1. The number of nitrogens with one attached hydrogen (secondary N) is 2. The van der Waals surface area contributed by atoms with Gasteiger partial charge in [0.15, 0.2) is 0 Å². The zero-order valence-electron chi connectivity index (χ0n) is 22.9. The van der Waals surface area contributed by atoms with E-state index in [0.717, 1.165) is 0 Å². The highest BCUT2D eigenvalue weighted by molar-refractivity contribution is 5.99. The molecular formula is C28H39N3O6. The van der Waals surface area contributed by atoms with E-state index in [9.17, 15) is 19.5 Å². The Labute approximate surface area is 219 Å². The van der Waals surface area contributed by atoms with Crippen LogP contribution in [0, 0.1) is 5.92 Å².